The number of ether oxygens (including phenoxy) is 1. The fraction of sp³-hybridized carbons (Fsp3) is 0.733. The predicted octanol–water partition coefficient (Wildman–Crippen LogP) is 3.87. The van der Waals surface area contributed by atoms with Gasteiger partial charge in [0.2, 0.25) is 0 Å². The topological polar surface area (TPSA) is 34.4 Å². The molecule has 1 unspecified atom stereocenters. The molecule has 1 N–H and O–H groups in total. The van der Waals surface area contributed by atoms with Crippen LogP contribution in [0.25, 0.3) is 0 Å². The van der Waals surface area contributed by atoms with Crippen molar-refractivity contribution in [2.75, 3.05) is 7.05 Å². The maximum absolute atomic E-state index is 5.87. The van der Waals surface area contributed by atoms with Crippen molar-refractivity contribution >= 4 is 0 Å². The minimum absolute atomic E-state index is 0.333. The van der Waals surface area contributed by atoms with Crippen LogP contribution in [0.3, 0.4) is 0 Å². The Kier molecular flexibility index (Phi) is 7.78. The van der Waals surface area contributed by atoms with E-state index in [-0.39, 0.29) is 0 Å². The third-order valence-electron chi connectivity index (χ3n) is 3.16. The Morgan fingerprint density at radius 2 is 2.17 bits per heavy atom. The van der Waals surface area contributed by atoms with Gasteiger partial charge in [0.25, 0.3) is 0 Å². The zero-order chi connectivity index (χ0) is 13.2. The molecule has 0 saturated carbocycles. The average Bonchev–Trinajstić information content (AvgIpc) is 2.80. The van der Waals surface area contributed by atoms with Crippen molar-refractivity contribution in [1.29, 1.82) is 0 Å². The van der Waals surface area contributed by atoms with E-state index in [1.54, 1.807) is 6.26 Å². The molecular formula is C15H27NO2. The molecule has 0 fully saturated rings. The zero-order valence-electron chi connectivity index (χ0n) is 12.0. The molecule has 1 rings (SSSR count). The summed E-state index contributed by atoms with van der Waals surface area (Å²) in [7, 11) is 1.92. The maximum atomic E-state index is 5.87. The fourth-order valence-electron chi connectivity index (χ4n) is 1.99. The molecule has 0 spiro atoms. The van der Waals surface area contributed by atoms with Crippen molar-refractivity contribution in [3.8, 4) is 0 Å². The van der Waals surface area contributed by atoms with Gasteiger partial charge in [-0.3, -0.25) is 0 Å². The van der Waals surface area contributed by atoms with E-state index in [9.17, 15) is 0 Å². The smallest absolute Gasteiger partial charge is 0.123 e. The minimum Gasteiger partial charge on any atom is -0.468 e. The lowest BCUT2D eigenvalue weighted by Crippen LogP contribution is -2.10. The molecule has 104 valence electrons. The Balaban J connectivity index is 2.20. The molecule has 1 atom stereocenters. The molecular weight excluding hydrogens is 226 g/mol. The van der Waals surface area contributed by atoms with Crippen LogP contribution in [0.5, 0.6) is 0 Å². The van der Waals surface area contributed by atoms with Gasteiger partial charge in [-0.15, -0.1) is 0 Å². The lowest BCUT2D eigenvalue weighted by Gasteiger charge is -2.12. The van der Waals surface area contributed by atoms with Gasteiger partial charge in [-0.05, 0) is 26.5 Å². The normalized spacial score (nSPS) is 12.8. The van der Waals surface area contributed by atoms with E-state index in [1.807, 2.05) is 13.1 Å². The third kappa shape index (κ3) is 5.69. The van der Waals surface area contributed by atoms with Gasteiger partial charge in [0.15, 0.2) is 0 Å². The Bertz CT molecular complexity index is 309. The highest BCUT2D eigenvalue weighted by Crippen LogP contribution is 2.14. The van der Waals surface area contributed by atoms with Crippen LogP contribution < -0.4 is 5.32 Å². The molecule has 0 saturated heterocycles. The van der Waals surface area contributed by atoms with Crippen LogP contribution in [-0.4, -0.2) is 13.2 Å². The summed E-state index contributed by atoms with van der Waals surface area (Å²) in [6.45, 7) is 5.81. The van der Waals surface area contributed by atoms with E-state index in [4.69, 9.17) is 9.15 Å². The van der Waals surface area contributed by atoms with E-state index < -0.39 is 0 Å². The van der Waals surface area contributed by atoms with Crippen molar-refractivity contribution in [2.45, 2.75) is 65.2 Å². The number of unbranched alkanes of at least 4 members (excludes halogenated alkanes) is 3. The molecule has 0 aliphatic carbocycles. The third-order valence-corrected chi connectivity index (χ3v) is 3.16. The molecule has 0 aliphatic heterocycles. The molecule has 1 aromatic heterocycles. The summed E-state index contributed by atoms with van der Waals surface area (Å²) in [5, 5.41) is 3.10. The van der Waals surface area contributed by atoms with Gasteiger partial charge in [-0.2, -0.15) is 0 Å². The first-order chi connectivity index (χ1) is 8.77. The van der Waals surface area contributed by atoms with E-state index in [2.05, 4.69) is 19.2 Å². The Morgan fingerprint density at radius 3 is 2.89 bits per heavy atom. The van der Waals surface area contributed by atoms with Crippen LogP contribution >= 0.6 is 0 Å². The average molecular weight is 253 g/mol. The number of rotatable bonds is 10. The van der Waals surface area contributed by atoms with Crippen molar-refractivity contribution in [1.82, 2.24) is 5.32 Å². The van der Waals surface area contributed by atoms with Gasteiger partial charge < -0.3 is 14.5 Å². The van der Waals surface area contributed by atoms with Gasteiger partial charge in [0, 0.05) is 5.56 Å². The Morgan fingerprint density at radius 1 is 1.33 bits per heavy atom. The molecule has 0 radical (unpaired) electrons. The second-order valence-electron chi connectivity index (χ2n) is 4.87. The Labute approximate surface area is 111 Å². The summed E-state index contributed by atoms with van der Waals surface area (Å²) in [4.78, 5) is 0. The first kappa shape index (κ1) is 15.3. The highest BCUT2D eigenvalue weighted by Gasteiger charge is 2.08. The highest BCUT2D eigenvalue weighted by atomic mass is 16.5. The van der Waals surface area contributed by atoms with Crippen LogP contribution in [-0.2, 0) is 17.9 Å². The minimum atomic E-state index is 0.333. The molecule has 0 aliphatic rings. The summed E-state index contributed by atoms with van der Waals surface area (Å²) < 4.78 is 11.3. The van der Waals surface area contributed by atoms with Crippen LogP contribution in [0.1, 0.15) is 57.3 Å². The van der Waals surface area contributed by atoms with E-state index in [0.717, 1.165) is 24.3 Å². The van der Waals surface area contributed by atoms with Gasteiger partial charge in [0.05, 0.1) is 25.5 Å². The largest absolute Gasteiger partial charge is 0.468 e. The molecule has 3 heteroatoms. The quantitative estimate of drug-likeness (QED) is 0.643. The van der Waals surface area contributed by atoms with Crippen molar-refractivity contribution < 1.29 is 9.15 Å². The van der Waals surface area contributed by atoms with Gasteiger partial charge in [-0.25, -0.2) is 0 Å². The van der Waals surface area contributed by atoms with Gasteiger partial charge in [-0.1, -0.05) is 32.6 Å². The van der Waals surface area contributed by atoms with Crippen molar-refractivity contribution in [3.05, 3.63) is 23.7 Å². The molecule has 0 amide bonds. The first-order valence-electron chi connectivity index (χ1n) is 7.09. The molecule has 18 heavy (non-hydrogen) atoms. The maximum Gasteiger partial charge on any atom is 0.123 e. The summed E-state index contributed by atoms with van der Waals surface area (Å²) in [5.41, 5.74) is 1.16. The lowest BCUT2D eigenvalue weighted by atomic mass is 10.1. The SMILES string of the molecule is CCCCCCC(C)OCc1ccoc1CNC. The number of furan rings is 1. The second-order valence-corrected chi connectivity index (χ2v) is 4.87. The lowest BCUT2D eigenvalue weighted by molar-refractivity contribution is 0.0450. The zero-order valence-corrected chi connectivity index (χ0v) is 12.0. The molecule has 0 bridgehead atoms. The fourth-order valence-corrected chi connectivity index (χ4v) is 1.99. The summed E-state index contributed by atoms with van der Waals surface area (Å²) in [5.74, 6) is 0.982. The first-order valence-corrected chi connectivity index (χ1v) is 7.09. The molecule has 1 aromatic rings. The second kappa shape index (κ2) is 9.17. The van der Waals surface area contributed by atoms with E-state index >= 15 is 0 Å². The van der Waals surface area contributed by atoms with E-state index in [1.165, 1.54) is 25.7 Å². The number of hydrogen-bond acceptors (Lipinski definition) is 3. The monoisotopic (exact) mass is 253 g/mol. The van der Waals surface area contributed by atoms with Crippen LogP contribution in [0.4, 0.5) is 0 Å². The van der Waals surface area contributed by atoms with Gasteiger partial charge in [0.1, 0.15) is 5.76 Å². The summed E-state index contributed by atoms with van der Waals surface area (Å²) in [6, 6.07) is 2.00. The summed E-state index contributed by atoms with van der Waals surface area (Å²) in [6.07, 6.45) is 8.43. The van der Waals surface area contributed by atoms with Gasteiger partial charge >= 0.3 is 0 Å². The van der Waals surface area contributed by atoms with Crippen LogP contribution in [0.15, 0.2) is 16.7 Å². The molecule has 0 aromatic carbocycles. The highest BCUT2D eigenvalue weighted by molar-refractivity contribution is 5.15. The van der Waals surface area contributed by atoms with Crippen molar-refractivity contribution in [2.24, 2.45) is 0 Å². The number of nitrogens with one attached hydrogen (secondary N) is 1. The summed E-state index contributed by atoms with van der Waals surface area (Å²) >= 11 is 0. The molecule has 3 nitrogen and oxygen atoms in total. The van der Waals surface area contributed by atoms with Crippen LogP contribution in [0, 0.1) is 0 Å². The van der Waals surface area contributed by atoms with Crippen molar-refractivity contribution in [3.63, 3.8) is 0 Å². The Hall–Kier alpha value is -0.800. The van der Waals surface area contributed by atoms with Crippen LogP contribution in [0.2, 0.25) is 0 Å². The standard InChI is InChI=1S/C15H27NO2/c1-4-5-6-7-8-13(2)18-12-14-9-10-17-15(14)11-16-3/h9-10,13,16H,4-8,11-12H2,1-3H3. The predicted molar refractivity (Wildman–Crippen MR) is 74.5 cm³/mol. The molecule has 1 heterocycles. The number of hydrogen-bond donors (Lipinski definition) is 1. The van der Waals surface area contributed by atoms with E-state index in [0.29, 0.717) is 12.7 Å².